The maximum Gasteiger partial charge on any atom is 0.325 e. The van der Waals surface area contributed by atoms with Gasteiger partial charge in [0, 0.05) is 18.9 Å². The number of ether oxygens (including phenoxy) is 1. The molecule has 4 rings (SSSR count). The molecule has 20 heavy (non-hydrogen) atoms. The molecule has 1 atom stereocenters. The van der Waals surface area contributed by atoms with Crippen molar-refractivity contribution in [3.05, 3.63) is 42.5 Å². The van der Waals surface area contributed by atoms with E-state index in [0.29, 0.717) is 19.7 Å². The van der Waals surface area contributed by atoms with Gasteiger partial charge >= 0.3 is 6.03 Å². The van der Waals surface area contributed by atoms with Crippen LogP contribution in [0.2, 0.25) is 0 Å². The number of aromatic amines is 1. The molecule has 1 N–H and O–H groups in total. The second-order valence-corrected chi connectivity index (χ2v) is 5.00. The molecule has 0 saturated carbocycles. The molecule has 2 aliphatic rings. The number of fused-ring (bicyclic) bond motifs is 3. The lowest BCUT2D eigenvalue weighted by Crippen LogP contribution is -2.41. The summed E-state index contributed by atoms with van der Waals surface area (Å²) >= 11 is 0. The molecule has 2 aromatic rings. The van der Waals surface area contributed by atoms with Crippen molar-refractivity contribution in [1.29, 1.82) is 0 Å². The summed E-state index contributed by atoms with van der Waals surface area (Å²) in [6.45, 7) is 1.70. The largest absolute Gasteiger partial charge is 0.489 e. The molecule has 3 heterocycles. The molecule has 1 aromatic carbocycles. The summed E-state index contributed by atoms with van der Waals surface area (Å²) in [5.41, 5.74) is 0.857. The highest BCUT2D eigenvalue weighted by Crippen LogP contribution is 2.37. The van der Waals surface area contributed by atoms with Gasteiger partial charge in [-0.1, -0.05) is 12.1 Å². The first kappa shape index (κ1) is 11.3. The van der Waals surface area contributed by atoms with Crippen molar-refractivity contribution < 1.29 is 9.53 Å². The van der Waals surface area contributed by atoms with Gasteiger partial charge in [0.15, 0.2) is 0 Å². The molecule has 0 aliphatic carbocycles. The predicted molar refractivity (Wildman–Crippen MR) is 72.6 cm³/mol. The molecule has 1 fully saturated rings. The quantitative estimate of drug-likeness (QED) is 0.902. The Kier molecular flexibility index (Phi) is 2.42. The lowest BCUT2D eigenvalue weighted by atomic mass is 10.2. The number of anilines is 1. The van der Waals surface area contributed by atoms with Gasteiger partial charge in [-0.15, -0.1) is 0 Å². The third-order valence-corrected chi connectivity index (χ3v) is 3.72. The molecule has 2 aliphatic heterocycles. The molecular weight excluding hydrogens is 256 g/mol. The van der Waals surface area contributed by atoms with Crippen molar-refractivity contribution in [2.45, 2.75) is 12.6 Å². The highest BCUT2D eigenvalue weighted by atomic mass is 16.5. The highest BCUT2D eigenvalue weighted by Gasteiger charge is 2.42. The van der Waals surface area contributed by atoms with Gasteiger partial charge in [0.2, 0.25) is 0 Å². The van der Waals surface area contributed by atoms with E-state index < -0.39 is 0 Å². The zero-order chi connectivity index (χ0) is 13.5. The average Bonchev–Trinajstić information content (AvgIpc) is 3.08. The van der Waals surface area contributed by atoms with Crippen molar-refractivity contribution in [1.82, 2.24) is 14.9 Å². The number of imidazole rings is 1. The molecule has 1 unspecified atom stereocenters. The fourth-order valence-corrected chi connectivity index (χ4v) is 2.81. The van der Waals surface area contributed by atoms with Crippen molar-refractivity contribution in [3.63, 3.8) is 0 Å². The predicted octanol–water partition coefficient (Wildman–Crippen LogP) is 1.61. The van der Waals surface area contributed by atoms with Gasteiger partial charge in [0.05, 0.1) is 18.3 Å². The molecule has 0 spiro atoms. The standard InChI is InChI=1S/C14H14N4O2/c19-14-17(8-13-15-5-6-16-13)7-10-9-20-12-4-2-1-3-11(12)18(10)14/h1-6,10H,7-9H2,(H,15,16). The zero-order valence-corrected chi connectivity index (χ0v) is 10.8. The van der Waals surface area contributed by atoms with Crippen LogP contribution in [0.25, 0.3) is 0 Å². The monoisotopic (exact) mass is 270 g/mol. The number of rotatable bonds is 2. The number of hydrogen-bond acceptors (Lipinski definition) is 3. The van der Waals surface area contributed by atoms with Crippen LogP contribution in [0, 0.1) is 0 Å². The number of nitrogens with one attached hydrogen (secondary N) is 1. The van der Waals surface area contributed by atoms with E-state index in [2.05, 4.69) is 9.97 Å². The Balaban J connectivity index is 1.63. The normalized spacial score (nSPS) is 20.6. The maximum absolute atomic E-state index is 12.6. The van der Waals surface area contributed by atoms with Gasteiger partial charge in [0.25, 0.3) is 0 Å². The van der Waals surface area contributed by atoms with Crippen molar-refractivity contribution in [2.75, 3.05) is 18.1 Å². The number of carbonyl (C=O) groups excluding carboxylic acids is 1. The van der Waals surface area contributed by atoms with Gasteiger partial charge < -0.3 is 14.6 Å². The minimum Gasteiger partial charge on any atom is -0.489 e. The van der Waals surface area contributed by atoms with E-state index in [9.17, 15) is 4.79 Å². The van der Waals surface area contributed by atoms with Crippen LogP contribution >= 0.6 is 0 Å². The van der Waals surface area contributed by atoms with Gasteiger partial charge in [-0.3, -0.25) is 4.90 Å². The molecule has 6 heteroatoms. The van der Waals surface area contributed by atoms with Crippen LogP contribution in [0.15, 0.2) is 36.7 Å². The summed E-state index contributed by atoms with van der Waals surface area (Å²) < 4.78 is 5.73. The Hall–Kier alpha value is -2.50. The summed E-state index contributed by atoms with van der Waals surface area (Å²) in [6, 6.07) is 7.76. The average molecular weight is 270 g/mol. The van der Waals surface area contributed by atoms with E-state index in [0.717, 1.165) is 17.3 Å². The van der Waals surface area contributed by atoms with Crippen molar-refractivity contribution in [3.8, 4) is 5.75 Å². The minimum atomic E-state index is 0.0159. The zero-order valence-electron chi connectivity index (χ0n) is 10.8. The number of urea groups is 1. The molecule has 6 nitrogen and oxygen atoms in total. The van der Waals surface area contributed by atoms with Crippen LogP contribution in [-0.4, -0.2) is 40.1 Å². The number of hydrogen-bond donors (Lipinski definition) is 1. The Bertz CT molecular complexity index is 640. The van der Waals surface area contributed by atoms with Crippen LogP contribution in [0.5, 0.6) is 5.75 Å². The fraction of sp³-hybridized carbons (Fsp3) is 0.286. The van der Waals surface area contributed by atoms with E-state index in [1.807, 2.05) is 29.2 Å². The van der Waals surface area contributed by atoms with Gasteiger partial charge in [0.1, 0.15) is 18.2 Å². The molecule has 102 valence electrons. The van der Waals surface area contributed by atoms with E-state index >= 15 is 0 Å². The lowest BCUT2D eigenvalue weighted by molar-refractivity contribution is 0.217. The number of para-hydroxylation sites is 2. The molecule has 0 bridgehead atoms. The Morgan fingerprint density at radius 1 is 1.40 bits per heavy atom. The number of amides is 2. The second kappa shape index (κ2) is 4.26. The van der Waals surface area contributed by atoms with Crippen LogP contribution < -0.4 is 9.64 Å². The van der Waals surface area contributed by atoms with Crippen LogP contribution in [0.4, 0.5) is 10.5 Å². The fourth-order valence-electron chi connectivity index (χ4n) is 2.81. The Labute approximate surface area is 116 Å². The second-order valence-electron chi connectivity index (χ2n) is 5.00. The molecular formula is C14H14N4O2. The summed E-state index contributed by atoms with van der Waals surface area (Å²) in [5, 5.41) is 0. The third-order valence-electron chi connectivity index (χ3n) is 3.72. The number of aromatic nitrogens is 2. The van der Waals surface area contributed by atoms with E-state index in [-0.39, 0.29) is 12.1 Å². The summed E-state index contributed by atoms with van der Waals surface area (Å²) in [7, 11) is 0. The molecule has 1 aromatic heterocycles. The number of H-pyrrole nitrogens is 1. The SMILES string of the molecule is O=C1N(Cc2ncc[nH]2)CC2COc3ccccc3N12. The number of benzene rings is 1. The van der Waals surface area contributed by atoms with E-state index in [4.69, 9.17) is 4.74 Å². The molecule has 2 amide bonds. The maximum atomic E-state index is 12.6. The lowest BCUT2D eigenvalue weighted by Gasteiger charge is -2.30. The third kappa shape index (κ3) is 1.65. The van der Waals surface area contributed by atoms with E-state index in [1.165, 1.54) is 0 Å². The first-order valence-electron chi connectivity index (χ1n) is 6.61. The van der Waals surface area contributed by atoms with Crippen LogP contribution in [0.3, 0.4) is 0 Å². The van der Waals surface area contributed by atoms with E-state index in [1.54, 1.807) is 17.3 Å². The first-order chi connectivity index (χ1) is 9.83. The van der Waals surface area contributed by atoms with Gasteiger partial charge in [-0.2, -0.15) is 0 Å². The van der Waals surface area contributed by atoms with Crippen LogP contribution in [-0.2, 0) is 6.54 Å². The molecule has 1 saturated heterocycles. The van der Waals surface area contributed by atoms with Crippen molar-refractivity contribution in [2.24, 2.45) is 0 Å². The van der Waals surface area contributed by atoms with Crippen molar-refractivity contribution >= 4 is 11.7 Å². The minimum absolute atomic E-state index is 0.0159. The Morgan fingerprint density at radius 3 is 3.15 bits per heavy atom. The highest BCUT2D eigenvalue weighted by molar-refractivity contribution is 5.97. The first-order valence-corrected chi connectivity index (χ1v) is 6.61. The van der Waals surface area contributed by atoms with Gasteiger partial charge in [-0.25, -0.2) is 9.78 Å². The summed E-state index contributed by atoms with van der Waals surface area (Å²) in [6.07, 6.45) is 3.46. The topological polar surface area (TPSA) is 61.5 Å². The number of carbonyl (C=O) groups is 1. The number of nitrogens with zero attached hydrogens (tertiary/aromatic N) is 3. The smallest absolute Gasteiger partial charge is 0.325 e. The summed E-state index contributed by atoms with van der Waals surface area (Å²) in [5.74, 6) is 1.57. The van der Waals surface area contributed by atoms with Gasteiger partial charge in [-0.05, 0) is 12.1 Å². The Morgan fingerprint density at radius 2 is 2.30 bits per heavy atom. The van der Waals surface area contributed by atoms with Crippen LogP contribution in [0.1, 0.15) is 5.82 Å². The summed E-state index contributed by atoms with van der Waals surface area (Å²) in [4.78, 5) is 23.4. The molecule has 0 radical (unpaired) electrons.